The molecule has 0 atom stereocenters. The summed E-state index contributed by atoms with van der Waals surface area (Å²) in [7, 11) is 0. The maximum atomic E-state index is 5.69. The van der Waals surface area contributed by atoms with Crippen LogP contribution in [-0.2, 0) is 0 Å². The zero-order valence-corrected chi connectivity index (χ0v) is 12.6. The Morgan fingerprint density at radius 1 is 1.21 bits per heavy atom. The first-order chi connectivity index (χ1) is 9.35. The molecular weight excluding hydrogens is 310 g/mol. The van der Waals surface area contributed by atoms with Gasteiger partial charge in [0, 0.05) is 11.4 Å². The zero-order chi connectivity index (χ0) is 13.5. The standard InChI is InChI=1S/C14H18BrNO3/c1-2-17-14-12-7-6-11(10-13(12)19-16-14)18-9-5-3-4-8-15/h6-7,10H,2-5,8-9H2,1H3. The molecule has 104 valence electrons. The van der Waals surface area contributed by atoms with Crippen LogP contribution in [-0.4, -0.2) is 23.7 Å². The highest BCUT2D eigenvalue weighted by atomic mass is 79.9. The van der Waals surface area contributed by atoms with Gasteiger partial charge < -0.3 is 14.0 Å². The second-order valence-corrected chi connectivity index (χ2v) is 4.97. The first-order valence-electron chi connectivity index (χ1n) is 6.56. The lowest BCUT2D eigenvalue weighted by molar-refractivity contribution is 0.300. The van der Waals surface area contributed by atoms with Crippen molar-refractivity contribution in [3.63, 3.8) is 0 Å². The minimum atomic E-state index is 0.543. The Morgan fingerprint density at radius 2 is 2.11 bits per heavy atom. The molecule has 0 radical (unpaired) electrons. The molecule has 4 nitrogen and oxygen atoms in total. The number of hydrogen-bond donors (Lipinski definition) is 0. The normalized spacial score (nSPS) is 10.8. The number of alkyl halides is 1. The van der Waals surface area contributed by atoms with E-state index in [0.29, 0.717) is 18.1 Å². The summed E-state index contributed by atoms with van der Waals surface area (Å²) in [6.45, 7) is 3.23. The Kier molecular flexibility index (Phi) is 5.51. The summed E-state index contributed by atoms with van der Waals surface area (Å²) in [4.78, 5) is 0. The van der Waals surface area contributed by atoms with Crippen molar-refractivity contribution in [2.75, 3.05) is 18.5 Å². The maximum Gasteiger partial charge on any atom is 0.262 e. The van der Waals surface area contributed by atoms with Gasteiger partial charge in [-0.3, -0.25) is 0 Å². The van der Waals surface area contributed by atoms with Gasteiger partial charge in [0.05, 0.1) is 18.6 Å². The van der Waals surface area contributed by atoms with Gasteiger partial charge in [0.2, 0.25) is 0 Å². The minimum absolute atomic E-state index is 0.543. The fourth-order valence-corrected chi connectivity index (χ4v) is 2.19. The third-order valence-electron chi connectivity index (χ3n) is 2.74. The summed E-state index contributed by atoms with van der Waals surface area (Å²) in [5.41, 5.74) is 0.696. The Bertz CT molecular complexity index is 512. The van der Waals surface area contributed by atoms with Crippen LogP contribution in [0.25, 0.3) is 11.0 Å². The van der Waals surface area contributed by atoms with E-state index in [4.69, 9.17) is 14.0 Å². The Balaban J connectivity index is 1.94. The van der Waals surface area contributed by atoms with Crippen LogP contribution in [0.15, 0.2) is 22.7 Å². The Morgan fingerprint density at radius 3 is 2.89 bits per heavy atom. The second-order valence-electron chi connectivity index (χ2n) is 4.18. The number of halogens is 1. The van der Waals surface area contributed by atoms with E-state index >= 15 is 0 Å². The van der Waals surface area contributed by atoms with E-state index in [2.05, 4.69) is 21.1 Å². The van der Waals surface area contributed by atoms with Crippen LogP contribution in [0, 0.1) is 0 Å². The smallest absolute Gasteiger partial charge is 0.262 e. The second kappa shape index (κ2) is 7.38. The minimum Gasteiger partial charge on any atom is -0.493 e. The molecule has 0 aliphatic heterocycles. The van der Waals surface area contributed by atoms with Gasteiger partial charge in [-0.25, -0.2) is 0 Å². The molecule has 0 N–H and O–H groups in total. The summed E-state index contributed by atoms with van der Waals surface area (Å²) in [5, 5.41) is 5.82. The molecule has 5 heteroatoms. The van der Waals surface area contributed by atoms with Crippen molar-refractivity contribution in [3.05, 3.63) is 18.2 Å². The van der Waals surface area contributed by atoms with Crippen LogP contribution in [0.5, 0.6) is 11.6 Å². The fourth-order valence-electron chi connectivity index (χ4n) is 1.79. The SMILES string of the molecule is CCOc1noc2cc(OCCCCCBr)ccc12. The van der Waals surface area contributed by atoms with E-state index in [-0.39, 0.29) is 0 Å². The molecule has 0 saturated heterocycles. The van der Waals surface area contributed by atoms with Crippen molar-refractivity contribution in [1.29, 1.82) is 0 Å². The van der Waals surface area contributed by atoms with Crippen LogP contribution < -0.4 is 9.47 Å². The molecule has 0 amide bonds. The van der Waals surface area contributed by atoms with Crippen LogP contribution in [0.4, 0.5) is 0 Å². The number of nitrogens with zero attached hydrogens (tertiary/aromatic N) is 1. The topological polar surface area (TPSA) is 44.5 Å². The number of unbranched alkanes of at least 4 members (excludes halogenated alkanes) is 2. The Hall–Kier alpha value is -1.23. The molecule has 2 rings (SSSR count). The van der Waals surface area contributed by atoms with Gasteiger partial charge in [-0.2, -0.15) is 0 Å². The largest absolute Gasteiger partial charge is 0.493 e. The van der Waals surface area contributed by atoms with Gasteiger partial charge >= 0.3 is 0 Å². The molecule has 0 aliphatic rings. The van der Waals surface area contributed by atoms with Gasteiger partial charge in [0.1, 0.15) is 5.75 Å². The highest BCUT2D eigenvalue weighted by Crippen LogP contribution is 2.28. The molecule has 2 aromatic rings. The molecule has 1 aromatic heterocycles. The molecule has 0 unspecified atom stereocenters. The van der Waals surface area contributed by atoms with E-state index in [1.54, 1.807) is 0 Å². The lowest BCUT2D eigenvalue weighted by Gasteiger charge is -2.05. The van der Waals surface area contributed by atoms with Crippen LogP contribution >= 0.6 is 15.9 Å². The molecule has 19 heavy (non-hydrogen) atoms. The average Bonchev–Trinajstić information content (AvgIpc) is 2.82. The van der Waals surface area contributed by atoms with Gasteiger partial charge in [-0.05, 0) is 43.5 Å². The zero-order valence-electron chi connectivity index (χ0n) is 11.0. The van der Waals surface area contributed by atoms with Crippen LogP contribution in [0.3, 0.4) is 0 Å². The summed E-state index contributed by atoms with van der Waals surface area (Å²) >= 11 is 3.42. The average molecular weight is 328 g/mol. The molecule has 0 spiro atoms. The van der Waals surface area contributed by atoms with Gasteiger partial charge in [0.15, 0.2) is 5.58 Å². The van der Waals surface area contributed by atoms with Gasteiger partial charge in [-0.15, -0.1) is 0 Å². The van der Waals surface area contributed by atoms with Crippen molar-refractivity contribution < 1.29 is 14.0 Å². The van der Waals surface area contributed by atoms with E-state index in [9.17, 15) is 0 Å². The number of rotatable bonds is 8. The summed E-state index contributed by atoms with van der Waals surface area (Å²) in [6, 6.07) is 5.70. The highest BCUT2D eigenvalue weighted by molar-refractivity contribution is 9.09. The number of fused-ring (bicyclic) bond motifs is 1. The number of aromatic nitrogens is 1. The van der Waals surface area contributed by atoms with Crippen molar-refractivity contribution in [1.82, 2.24) is 5.16 Å². The van der Waals surface area contributed by atoms with E-state index in [1.807, 2.05) is 25.1 Å². The first kappa shape index (κ1) is 14.2. The predicted molar refractivity (Wildman–Crippen MR) is 78.3 cm³/mol. The first-order valence-corrected chi connectivity index (χ1v) is 7.68. The van der Waals surface area contributed by atoms with Crippen molar-refractivity contribution in [2.24, 2.45) is 0 Å². The number of hydrogen-bond acceptors (Lipinski definition) is 4. The molecular formula is C14H18BrNO3. The summed E-state index contributed by atoms with van der Waals surface area (Å²) in [5.74, 6) is 1.35. The summed E-state index contributed by atoms with van der Waals surface area (Å²) < 4.78 is 16.3. The third-order valence-corrected chi connectivity index (χ3v) is 3.30. The molecule has 0 saturated carbocycles. The number of ether oxygens (including phenoxy) is 2. The number of benzene rings is 1. The fraction of sp³-hybridized carbons (Fsp3) is 0.500. The van der Waals surface area contributed by atoms with Crippen molar-refractivity contribution in [3.8, 4) is 11.6 Å². The predicted octanol–water partition coefficient (Wildman–Crippen LogP) is 4.17. The summed E-state index contributed by atoms with van der Waals surface area (Å²) in [6.07, 6.45) is 3.41. The molecule has 0 bridgehead atoms. The molecule has 1 heterocycles. The third kappa shape index (κ3) is 3.86. The van der Waals surface area contributed by atoms with Gasteiger partial charge in [0.25, 0.3) is 5.88 Å². The van der Waals surface area contributed by atoms with E-state index in [0.717, 1.165) is 29.5 Å². The van der Waals surface area contributed by atoms with E-state index in [1.165, 1.54) is 12.8 Å². The maximum absolute atomic E-state index is 5.69. The van der Waals surface area contributed by atoms with Crippen molar-refractivity contribution >= 4 is 26.9 Å². The van der Waals surface area contributed by atoms with Gasteiger partial charge in [-0.1, -0.05) is 15.9 Å². The molecule has 0 fully saturated rings. The van der Waals surface area contributed by atoms with Crippen LogP contribution in [0.1, 0.15) is 26.2 Å². The van der Waals surface area contributed by atoms with Crippen LogP contribution in [0.2, 0.25) is 0 Å². The van der Waals surface area contributed by atoms with E-state index < -0.39 is 0 Å². The monoisotopic (exact) mass is 327 g/mol. The van der Waals surface area contributed by atoms with Crippen molar-refractivity contribution in [2.45, 2.75) is 26.2 Å². The highest BCUT2D eigenvalue weighted by Gasteiger charge is 2.09. The molecule has 1 aromatic carbocycles. The Labute approximate surface area is 121 Å². The quantitative estimate of drug-likeness (QED) is 0.539. The molecule has 0 aliphatic carbocycles. The lowest BCUT2D eigenvalue weighted by Crippen LogP contribution is -1.97. The lowest BCUT2D eigenvalue weighted by atomic mass is 10.2.